The first-order chi connectivity index (χ1) is 14.1. The zero-order valence-electron chi connectivity index (χ0n) is 18.7. The van der Waals surface area contributed by atoms with E-state index in [4.69, 9.17) is 4.74 Å². The van der Waals surface area contributed by atoms with Crippen molar-refractivity contribution in [3.05, 3.63) is 58.7 Å². The van der Waals surface area contributed by atoms with Crippen molar-refractivity contribution in [2.45, 2.75) is 47.1 Å². The molecule has 0 saturated heterocycles. The molecule has 1 atom stereocenters. The third kappa shape index (κ3) is 5.75. The fourth-order valence-corrected chi connectivity index (χ4v) is 4.46. The fraction of sp³-hybridized carbons (Fsp3) is 0.435. The summed E-state index contributed by atoms with van der Waals surface area (Å²) in [5.41, 5.74) is 4.73. The highest BCUT2D eigenvalue weighted by atomic mass is 32.2. The summed E-state index contributed by atoms with van der Waals surface area (Å²) in [6.07, 6.45) is 1.48. The molecule has 1 unspecified atom stereocenters. The molecule has 0 heterocycles. The Kier molecular flexibility index (Phi) is 7.89. The number of ether oxygens (including phenoxy) is 1. The molecule has 30 heavy (non-hydrogen) atoms. The largest absolute Gasteiger partial charge is 0.491 e. The van der Waals surface area contributed by atoms with Gasteiger partial charge in [-0.2, -0.15) is 0 Å². The predicted molar refractivity (Wildman–Crippen MR) is 122 cm³/mol. The highest BCUT2D eigenvalue weighted by Crippen LogP contribution is 2.25. The molecule has 0 bridgehead atoms. The molecule has 0 saturated carbocycles. The third-order valence-corrected chi connectivity index (χ3v) is 6.47. The highest BCUT2D eigenvalue weighted by molar-refractivity contribution is 7.92. The van der Waals surface area contributed by atoms with Crippen LogP contribution < -0.4 is 14.4 Å². The number of aryl methyl sites for hydroxylation is 3. The first-order valence-electron chi connectivity index (χ1n) is 10.1. The van der Waals surface area contributed by atoms with Gasteiger partial charge < -0.3 is 10.1 Å². The monoisotopic (exact) mass is 432 g/mol. The van der Waals surface area contributed by atoms with Gasteiger partial charge in [-0.25, -0.2) is 8.42 Å². The first kappa shape index (κ1) is 23.7. The van der Waals surface area contributed by atoms with E-state index in [2.05, 4.69) is 5.32 Å². The van der Waals surface area contributed by atoms with Gasteiger partial charge in [-0.3, -0.25) is 9.10 Å². The van der Waals surface area contributed by atoms with E-state index in [0.29, 0.717) is 18.7 Å². The number of amides is 1. The van der Waals surface area contributed by atoms with Crippen molar-refractivity contribution in [2.24, 2.45) is 0 Å². The molecule has 0 fully saturated rings. The van der Waals surface area contributed by atoms with Crippen LogP contribution in [-0.4, -0.2) is 39.8 Å². The molecule has 7 heteroatoms. The maximum atomic E-state index is 12.8. The Morgan fingerprint density at radius 3 is 2.37 bits per heavy atom. The zero-order valence-corrected chi connectivity index (χ0v) is 19.5. The molecule has 2 aromatic carbocycles. The number of rotatable bonds is 9. The van der Waals surface area contributed by atoms with E-state index in [1.54, 1.807) is 19.1 Å². The summed E-state index contributed by atoms with van der Waals surface area (Å²) >= 11 is 0. The minimum Gasteiger partial charge on any atom is -0.491 e. The summed E-state index contributed by atoms with van der Waals surface area (Å²) in [7, 11) is -3.65. The van der Waals surface area contributed by atoms with Crippen LogP contribution in [0.25, 0.3) is 0 Å². The topological polar surface area (TPSA) is 75.7 Å². The highest BCUT2D eigenvalue weighted by Gasteiger charge is 2.31. The number of sulfonamides is 1. The molecule has 2 rings (SSSR count). The second-order valence-corrected chi connectivity index (χ2v) is 9.45. The number of hydrogen-bond donors (Lipinski definition) is 1. The van der Waals surface area contributed by atoms with Gasteiger partial charge in [0.1, 0.15) is 18.4 Å². The number of anilines is 1. The smallest absolute Gasteiger partial charge is 0.244 e. The number of nitrogens with one attached hydrogen (secondary N) is 1. The molecule has 1 N–H and O–H groups in total. The lowest BCUT2D eigenvalue weighted by molar-refractivity contribution is -0.122. The van der Waals surface area contributed by atoms with E-state index in [0.717, 1.165) is 34.3 Å². The number of hydrogen-bond acceptors (Lipinski definition) is 4. The molecule has 1 amide bonds. The van der Waals surface area contributed by atoms with E-state index in [1.807, 2.05) is 52.0 Å². The van der Waals surface area contributed by atoms with Crippen LogP contribution in [0, 0.1) is 27.7 Å². The fourth-order valence-electron chi connectivity index (χ4n) is 3.26. The molecular weight excluding hydrogens is 400 g/mol. The van der Waals surface area contributed by atoms with E-state index in [1.165, 1.54) is 4.31 Å². The van der Waals surface area contributed by atoms with Gasteiger partial charge in [0.05, 0.1) is 18.5 Å². The lowest BCUT2D eigenvalue weighted by Gasteiger charge is -2.30. The Morgan fingerprint density at radius 2 is 1.77 bits per heavy atom. The molecule has 0 spiro atoms. The minimum atomic E-state index is -3.65. The van der Waals surface area contributed by atoms with Crippen molar-refractivity contribution < 1.29 is 17.9 Å². The molecule has 0 aliphatic rings. The van der Waals surface area contributed by atoms with Gasteiger partial charge in [-0.15, -0.1) is 0 Å². The Hall–Kier alpha value is -2.54. The second-order valence-electron chi connectivity index (χ2n) is 7.59. The Morgan fingerprint density at radius 1 is 1.07 bits per heavy atom. The first-order valence-corrected chi connectivity index (χ1v) is 11.9. The zero-order chi connectivity index (χ0) is 22.5. The Balaban J connectivity index is 2.10. The number of nitrogens with zero attached hydrogens (tertiary/aromatic N) is 1. The van der Waals surface area contributed by atoms with Gasteiger partial charge in [0.25, 0.3) is 0 Å². The van der Waals surface area contributed by atoms with Crippen LogP contribution in [0.5, 0.6) is 5.75 Å². The maximum Gasteiger partial charge on any atom is 0.244 e. The van der Waals surface area contributed by atoms with Crippen molar-refractivity contribution in [2.75, 3.05) is 23.7 Å². The van der Waals surface area contributed by atoms with E-state index >= 15 is 0 Å². The number of carbonyl (C=O) groups is 1. The second kappa shape index (κ2) is 9.98. The minimum absolute atomic E-state index is 0.285. The van der Waals surface area contributed by atoms with Crippen LogP contribution in [0.15, 0.2) is 36.4 Å². The van der Waals surface area contributed by atoms with Crippen molar-refractivity contribution in [3.8, 4) is 5.75 Å². The van der Waals surface area contributed by atoms with E-state index in [-0.39, 0.29) is 12.5 Å². The predicted octanol–water partition coefficient (Wildman–Crippen LogP) is 3.66. The molecule has 0 aliphatic carbocycles. The molecule has 0 aromatic heterocycles. The lowest BCUT2D eigenvalue weighted by atomic mass is 10.1. The summed E-state index contributed by atoms with van der Waals surface area (Å²) in [5.74, 6) is 0.440. The van der Waals surface area contributed by atoms with Crippen LogP contribution in [-0.2, 0) is 14.8 Å². The van der Waals surface area contributed by atoms with Crippen LogP contribution in [0.3, 0.4) is 0 Å². The molecule has 6 nitrogen and oxygen atoms in total. The van der Waals surface area contributed by atoms with Crippen molar-refractivity contribution in [1.82, 2.24) is 5.32 Å². The average Bonchev–Trinajstić information content (AvgIpc) is 2.67. The molecule has 164 valence electrons. The summed E-state index contributed by atoms with van der Waals surface area (Å²) in [5, 5.41) is 2.82. The quantitative estimate of drug-likeness (QED) is 0.614. The molecule has 2 aromatic rings. The van der Waals surface area contributed by atoms with Crippen LogP contribution in [0.2, 0.25) is 0 Å². The average molecular weight is 433 g/mol. The third-order valence-electron chi connectivity index (χ3n) is 5.29. The van der Waals surface area contributed by atoms with E-state index < -0.39 is 16.1 Å². The number of carbonyl (C=O) groups excluding carboxylic acids is 1. The summed E-state index contributed by atoms with van der Waals surface area (Å²) in [4.78, 5) is 12.8. The van der Waals surface area contributed by atoms with Gasteiger partial charge in [0.2, 0.25) is 15.9 Å². The van der Waals surface area contributed by atoms with Crippen molar-refractivity contribution in [3.63, 3.8) is 0 Å². The summed E-state index contributed by atoms with van der Waals surface area (Å²) in [6, 6.07) is 10.4. The van der Waals surface area contributed by atoms with Gasteiger partial charge in [-0.05, 0) is 74.6 Å². The molecule has 0 radical (unpaired) electrons. The van der Waals surface area contributed by atoms with Gasteiger partial charge in [0, 0.05) is 0 Å². The lowest BCUT2D eigenvalue weighted by Crippen LogP contribution is -2.50. The van der Waals surface area contributed by atoms with Crippen molar-refractivity contribution in [1.29, 1.82) is 0 Å². The normalized spacial score (nSPS) is 12.3. The molecular formula is C23H32N2O4S. The van der Waals surface area contributed by atoms with Crippen LogP contribution in [0.4, 0.5) is 5.69 Å². The van der Waals surface area contributed by atoms with Gasteiger partial charge in [-0.1, -0.05) is 25.1 Å². The van der Waals surface area contributed by atoms with Gasteiger partial charge in [0.15, 0.2) is 0 Å². The Bertz CT molecular complexity index is 1000. The maximum absolute atomic E-state index is 12.8. The number of benzene rings is 2. The Labute approximate surface area is 180 Å². The van der Waals surface area contributed by atoms with E-state index in [9.17, 15) is 13.2 Å². The SMILES string of the molecule is CCC(C(=O)NCCOc1cccc(C)c1C)N(c1ccc(C)c(C)c1)S(C)(=O)=O. The van der Waals surface area contributed by atoms with Crippen LogP contribution in [0.1, 0.15) is 35.6 Å². The molecule has 0 aliphatic heterocycles. The summed E-state index contributed by atoms with van der Waals surface area (Å²) < 4.78 is 32.1. The standard InChI is InChI=1S/C23H32N2O4S/c1-7-21(25(30(6,27)28)20-12-11-16(2)18(4)15-20)23(26)24-13-14-29-22-10-8-9-17(3)19(22)5/h8-12,15,21H,7,13-14H2,1-6H3,(H,24,26). The van der Waals surface area contributed by atoms with Crippen LogP contribution >= 0.6 is 0 Å². The van der Waals surface area contributed by atoms with Gasteiger partial charge >= 0.3 is 0 Å². The van der Waals surface area contributed by atoms with Crippen molar-refractivity contribution >= 4 is 21.6 Å². The summed E-state index contributed by atoms with van der Waals surface area (Å²) in [6.45, 7) is 10.3.